The van der Waals surface area contributed by atoms with Crippen LogP contribution >= 0.6 is 55.0 Å². The third-order valence-electron chi connectivity index (χ3n) is 2.36. The van der Waals surface area contributed by atoms with Crippen LogP contribution in [0.4, 0.5) is 0 Å². The van der Waals surface area contributed by atoms with Gasteiger partial charge in [-0.3, -0.25) is 4.79 Å². The SMILES string of the molecule is CCOC(=O)[C@H](CCSC)NC(=O)c1cc(Br)c(Br)s1. The Kier molecular flexibility index (Phi) is 8.16. The molecule has 0 aliphatic heterocycles. The van der Waals surface area contributed by atoms with E-state index in [1.807, 2.05) is 6.26 Å². The van der Waals surface area contributed by atoms with Crippen LogP contribution in [0.2, 0.25) is 0 Å². The Morgan fingerprint density at radius 3 is 2.70 bits per heavy atom. The Labute approximate surface area is 143 Å². The molecule has 0 fully saturated rings. The van der Waals surface area contributed by atoms with Crippen molar-refractivity contribution in [1.82, 2.24) is 5.32 Å². The molecule has 20 heavy (non-hydrogen) atoms. The summed E-state index contributed by atoms with van der Waals surface area (Å²) >= 11 is 9.62. The van der Waals surface area contributed by atoms with E-state index in [1.54, 1.807) is 24.8 Å². The summed E-state index contributed by atoms with van der Waals surface area (Å²) in [5, 5.41) is 2.74. The molecule has 0 aliphatic rings. The van der Waals surface area contributed by atoms with Crippen LogP contribution in [0.5, 0.6) is 0 Å². The van der Waals surface area contributed by atoms with Gasteiger partial charge in [0.25, 0.3) is 5.91 Å². The molecule has 0 bridgehead atoms. The molecule has 0 aromatic carbocycles. The highest BCUT2D eigenvalue weighted by molar-refractivity contribution is 9.13. The zero-order valence-electron chi connectivity index (χ0n) is 11.1. The van der Waals surface area contributed by atoms with Gasteiger partial charge in [-0.2, -0.15) is 11.8 Å². The van der Waals surface area contributed by atoms with E-state index >= 15 is 0 Å². The van der Waals surface area contributed by atoms with Gasteiger partial charge in [-0.15, -0.1) is 11.3 Å². The first-order chi connectivity index (χ1) is 9.49. The molecular formula is C12H15Br2NO3S2. The molecule has 1 N–H and O–H groups in total. The number of hydrogen-bond donors (Lipinski definition) is 1. The minimum Gasteiger partial charge on any atom is -0.464 e. The van der Waals surface area contributed by atoms with Gasteiger partial charge in [-0.1, -0.05) is 0 Å². The van der Waals surface area contributed by atoms with Gasteiger partial charge in [-0.25, -0.2) is 4.79 Å². The van der Waals surface area contributed by atoms with Gasteiger partial charge in [0.05, 0.1) is 15.3 Å². The molecular weight excluding hydrogens is 430 g/mol. The average molecular weight is 445 g/mol. The number of hydrogen-bond acceptors (Lipinski definition) is 5. The van der Waals surface area contributed by atoms with E-state index in [9.17, 15) is 9.59 Å². The van der Waals surface area contributed by atoms with Crippen molar-refractivity contribution in [3.8, 4) is 0 Å². The topological polar surface area (TPSA) is 55.4 Å². The number of thiophene rings is 1. The molecule has 1 aromatic rings. The van der Waals surface area contributed by atoms with E-state index in [1.165, 1.54) is 11.3 Å². The first-order valence-corrected chi connectivity index (χ1v) is 9.70. The molecule has 0 saturated carbocycles. The summed E-state index contributed by atoms with van der Waals surface area (Å²) in [4.78, 5) is 24.5. The molecule has 1 atom stereocenters. The van der Waals surface area contributed by atoms with Crippen molar-refractivity contribution in [3.63, 3.8) is 0 Å². The van der Waals surface area contributed by atoms with Crippen LogP contribution in [-0.4, -0.2) is 36.5 Å². The van der Waals surface area contributed by atoms with Crippen molar-refractivity contribution >= 4 is 66.8 Å². The number of thioether (sulfide) groups is 1. The molecule has 1 amide bonds. The maximum atomic E-state index is 12.1. The summed E-state index contributed by atoms with van der Waals surface area (Å²) < 4.78 is 6.66. The molecule has 1 heterocycles. The van der Waals surface area contributed by atoms with Crippen LogP contribution in [-0.2, 0) is 9.53 Å². The van der Waals surface area contributed by atoms with Crippen molar-refractivity contribution in [2.24, 2.45) is 0 Å². The second-order valence-electron chi connectivity index (χ2n) is 3.79. The van der Waals surface area contributed by atoms with E-state index < -0.39 is 6.04 Å². The predicted octanol–water partition coefficient (Wildman–Crippen LogP) is 3.69. The highest BCUT2D eigenvalue weighted by Crippen LogP contribution is 2.32. The number of esters is 1. The lowest BCUT2D eigenvalue weighted by atomic mass is 10.2. The van der Waals surface area contributed by atoms with Crippen molar-refractivity contribution in [2.75, 3.05) is 18.6 Å². The lowest BCUT2D eigenvalue weighted by Gasteiger charge is -2.16. The molecule has 0 saturated heterocycles. The number of ether oxygens (including phenoxy) is 1. The zero-order valence-corrected chi connectivity index (χ0v) is 15.9. The maximum absolute atomic E-state index is 12.1. The Morgan fingerprint density at radius 2 is 2.20 bits per heavy atom. The lowest BCUT2D eigenvalue weighted by Crippen LogP contribution is -2.42. The third kappa shape index (κ3) is 5.38. The Balaban J connectivity index is 2.72. The van der Waals surface area contributed by atoms with Gasteiger partial charge in [0.15, 0.2) is 0 Å². The normalized spacial score (nSPS) is 12.0. The number of nitrogens with one attached hydrogen (secondary N) is 1. The molecule has 1 aromatic heterocycles. The lowest BCUT2D eigenvalue weighted by molar-refractivity contribution is -0.145. The first-order valence-electron chi connectivity index (χ1n) is 5.90. The van der Waals surface area contributed by atoms with E-state index in [0.29, 0.717) is 17.9 Å². The van der Waals surface area contributed by atoms with Gasteiger partial charge in [-0.05, 0) is 63.3 Å². The predicted molar refractivity (Wildman–Crippen MR) is 90.6 cm³/mol. The fraction of sp³-hybridized carbons (Fsp3) is 0.500. The molecule has 112 valence electrons. The summed E-state index contributed by atoms with van der Waals surface area (Å²) in [7, 11) is 0. The van der Waals surface area contributed by atoms with Crippen molar-refractivity contribution < 1.29 is 14.3 Å². The quantitative estimate of drug-likeness (QED) is 0.651. The van der Waals surface area contributed by atoms with E-state index in [0.717, 1.165) is 14.0 Å². The largest absolute Gasteiger partial charge is 0.464 e. The van der Waals surface area contributed by atoms with Gasteiger partial charge >= 0.3 is 5.97 Å². The monoisotopic (exact) mass is 443 g/mol. The van der Waals surface area contributed by atoms with Crippen LogP contribution in [0.3, 0.4) is 0 Å². The number of amides is 1. The molecule has 4 nitrogen and oxygen atoms in total. The van der Waals surface area contributed by atoms with Gasteiger partial charge in [0.1, 0.15) is 6.04 Å². The first kappa shape index (κ1) is 18.0. The number of halogens is 2. The van der Waals surface area contributed by atoms with Crippen molar-refractivity contribution in [2.45, 2.75) is 19.4 Å². The van der Waals surface area contributed by atoms with Gasteiger partial charge in [0, 0.05) is 4.47 Å². The summed E-state index contributed by atoms with van der Waals surface area (Å²) in [6.45, 7) is 2.05. The number of rotatable bonds is 7. The van der Waals surface area contributed by atoms with Crippen LogP contribution in [0.1, 0.15) is 23.0 Å². The van der Waals surface area contributed by atoms with Crippen molar-refractivity contribution in [1.29, 1.82) is 0 Å². The van der Waals surface area contributed by atoms with E-state index in [-0.39, 0.29) is 11.9 Å². The smallest absolute Gasteiger partial charge is 0.328 e. The fourth-order valence-corrected chi connectivity index (χ4v) is 3.83. The molecule has 1 rings (SSSR count). The highest BCUT2D eigenvalue weighted by atomic mass is 79.9. The van der Waals surface area contributed by atoms with Gasteiger partial charge in [0.2, 0.25) is 0 Å². The second kappa shape index (κ2) is 9.07. The van der Waals surface area contributed by atoms with Crippen LogP contribution in [0, 0.1) is 0 Å². The number of carbonyl (C=O) groups is 2. The summed E-state index contributed by atoms with van der Waals surface area (Å²) in [6, 6.07) is 1.12. The van der Waals surface area contributed by atoms with Gasteiger partial charge < -0.3 is 10.1 Å². The molecule has 0 aliphatic carbocycles. The highest BCUT2D eigenvalue weighted by Gasteiger charge is 2.23. The van der Waals surface area contributed by atoms with Crippen molar-refractivity contribution in [3.05, 3.63) is 19.2 Å². The molecule has 8 heteroatoms. The summed E-state index contributed by atoms with van der Waals surface area (Å²) in [5.41, 5.74) is 0. The second-order valence-corrected chi connectivity index (χ2v) is 8.00. The zero-order chi connectivity index (χ0) is 15.1. The van der Waals surface area contributed by atoms with Crippen LogP contribution < -0.4 is 5.32 Å². The summed E-state index contributed by atoms with van der Waals surface area (Å²) in [5.74, 6) is 0.131. The maximum Gasteiger partial charge on any atom is 0.328 e. The standard InChI is InChI=1S/C12H15Br2NO3S2/c1-3-18-12(17)8(4-5-19-2)15-11(16)9-6-7(13)10(14)20-9/h6,8H,3-5H2,1-2H3,(H,15,16)/t8-/m0/s1. The molecule has 0 unspecified atom stereocenters. The fourth-order valence-electron chi connectivity index (χ4n) is 1.42. The Bertz CT molecular complexity index is 460. The number of carbonyl (C=O) groups excluding carboxylic acids is 2. The molecule has 0 radical (unpaired) electrons. The molecule has 0 spiro atoms. The van der Waals surface area contributed by atoms with E-state index in [4.69, 9.17) is 4.74 Å². The van der Waals surface area contributed by atoms with Crippen LogP contribution in [0.15, 0.2) is 14.3 Å². The Hall–Kier alpha value is -0.0500. The van der Waals surface area contributed by atoms with E-state index in [2.05, 4.69) is 37.2 Å². The third-order valence-corrected chi connectivity index (χ3v) is 6.25. The minimum atomic E-state index is -0.602. The Morgan fingerprint density at radius 1 is 1.50 bits per heavy atom. The minimum absolute atomic E-state index is 0.263. The van der Waals surface area contributed by atoms with Crippen LogP contribution in [0.25, 0.3) is 0 Å². The average Bonchev–Trinajstić information content (AvgIpc) is 2.74. The summed E-state index contributed by atoms with van der Waals surface area (Å²) in [6.07, 6.45) is 2.51.